The molecule has 212 valence electrons. The van der Waals surface area contributed by atoms with Gasteiger partial charge in [-0.15, -0.1) is 0 Å². The van der Waals surface area contributed by atoms with Crippen molar-refractivity contribution in [1.29, 1.82) is 0 Å². The van der Waals surface area contributed by atoms with Crippen molar-refractivity contribution in [2.45, 2.75) is 49.7 Å². The number of ether oxygens (including phenoxy) is 1. The predicted octanol–water partition coefficient (Wildman–Crippen LogP) is 4.54. The minimum atomic E-state index is -1.22. The fraction of sp³-hybridized carbons (Fsp3) is 0.364. The van der Waals surface area contributed by atoms with Crippen molar-refractivity contribution in [2.24, 2.45) is 5.92 Å². The first-order valence-corrected chi connectivity index (χ1v) is 14.4. The van der Waals surface area contributed by atoms with Gasteiger partial charge >= 0.3 is 12.1 Å². The fourth-order valence-corrected chi connectivity index (χ4v) is 6.77. The van der Waals surface area contributed by atoms with Gasteiger partial charge in [-0.25, -0.2) is 4.79 Å². The Labute approximate surface area is 239 Å². The Balaban J connectivity index is 1.18. The molecule has 1 heterocycles. The number of benzene rings is 3. The van der Waals surface area contributed by atoms with Gasteiger partial charge in [0, 0.05) is 31.6 Å². The highest BCUT2D eigenvalue weighted by molar-refractivity contribution is 5.91. The van der Waals surface area contributed by atoms with Crippen LogP contribution in [0.15, 0.2) is 78.9 Å². The normalized spacial score (nSPS) is 23.5. The lowest BCUT2D eigenvalue weighted by Gasteiger charge is -2.31. The summed E-state index contributed by atoms with van der Waals surface area (Å²) in [6, 6.07) is 25.8. The van der Waals surface area contributed by atoms with Gasteiger partial charge in [-0.2, -0.15) is 0 Å². The Hall–Kier alpha value is -4.17. The fourth-order valence-electron chi connectivity index (χ4n) is 6.77. The lowest BCUT2D eigenvalue weighted by Crippen LogP contribution is -2.62. The highest BCUT2D eigenvalue weighted by Crippen LogP contribution is 2.44. The van der Waals surface area contributed by atoms with Crippen LogP contribution < -0.4 is 10.6 Å². The second kappa shape index (κ2) is 11.4. The molecule has 1 saturated heterocycles. The molecule has 3 N–H and O–H groups in total. The minimum absolute atomic E-state index is 0.0918. The number of carbonyl (C=O) groups excluding carboxylic acids is 2. The first kappa shape index (κ1) is 27.0. The first-order valence-electron chi connectivity index (χ1n) is 14.4. The maximum atomic E-state index is 13.8. The number of carbonyl (C=O) groups is 3. The number of alkyl carbamates (subject to hydrolysis) is 1. The lowest BCUT2D eigenvalue weighted by molar-refractivity contribution is -0.142. The van der Waals surface area contributed by atoms with E-state index in [9.17, 15) is 19.5 Å². The molecule has 3 aromatic rings. The summed E-state index contributed by atoms with van der Waals surface area (Å²) in [6.07, 6.45) is 1.64. The second-order valence-electron chi connectivity index (χ2n) is 11.4. The van der Waals surface area contributed by atoms with Crippen molar-refractivity contribution in [2.75, 3.05) is 19.7 Å². The third-order valence-electron chi connectivity index (χ3n) is 8.87. The molecule has 0 aromatic heterocycles. The molecule has 1 aliphatic heterocycles. The van der Waals surface area contributed by atoms with E-state index in [1.807, 2.05) is 54.6 Å². The number of carboxylic acids is 1. The number of fused-ring (bicyclic) bond motifs is 3. The second-order valence-corrected chi connectivity index (χ2v) is 11.4. The van der Waals surface area contributed by atoms with Gasteiger partial charge in [-0.3, -0.25) is 14.5 Å². The summed E-state index contributed by atoms with van der Waals surface area (Å²) in [5, 5.41) is 15.6. The van der Waals surface area contributed by atoms with E-state index in [2.05, 4.69) is 39.8 Å². The minimum Gasteiger partial charge on any atom is -0.481 e. The molecule has 2 fully saturated rings. The van der Waals surface area contributed by atoms with Gasteiger partial charge < -0.3 is 20.5 Å². The van der Waals surface area contributed by atoms with E-state index in [1.54, 1.807) is 0 Å². The van der Waals surface area contributed by atoms with Gasteiger partial charge in [-0.05, 0) is 47.1 Å². The van der Waals surface area contributed by atoms with Gasteiger partial charge in [0.05, 0.1) is 5.92 Å². The first-order chi connectivity index (χ1) is 19.9. The lowest BCUT2D eigenvalue weighted by atomic mass is 9.95. The van der Waals surface area contributed by atoms with E-state index in [-0.39, 0.29) is 18.4 Å². The predicted molar refractivity (Wildman–Crippen MR) is 154 cm³/mol. The summed E-state index contributed by atoms with van der Waals surface area (Å²) in [6.45, 7) is 1.71. The number of hydrogen-bond donors (Lipinski definition) is 3. The van der Waals surface area contributed by atoms with E-state index in [1.165, 1.54) is 0 Å². The largest absolute Gasteiger partial charge is 0.481 e. The Morgan fingerprint density at radius 2 is 1.56 bits per heavy atom. The number of nitrogens with zero attached hydrogens (tertiary/aromatic N) is 1. The maximum Gasteiger partial charge on any atom is 0.408 e. The number of aliphatic carboxylic acids is 1. The summed E-state index contributed by atoms with van der Waals surface area (Å²) in [5.74, 6) is -1.96. The Morgan fingerprint density at radius 3 is 2.24 bits per heavy atom. The molecule has 3 atom stereocenters. The monoisotopic (exact) mass is 553 g/mol. The third-order valence-corrected chi connectivity index (χ3v) is 8.87. The molecule has 0 radical (unpaired) electrons. The van der Waals surface area contributed by atoms with Crippen molar-refractivity contribution >= 4 is 18.0 Å². The van der Waals surface area contributed by atoms with Crippen LogP contribution in [0.25, 0.3) is 11.1 Å². The maximum absolute atomic E-state index is 13.8. The molecule has 2 amide bonds. The highest BCUT2D eigenvalue weighted by Gasteiger charge is 2.48. The van der Waals surface area contributed by atoms with Crippen LogP contribution in [-0.4, -0.2) is 59.3 Å². The standard InChI is InChI=1S/C33H35N3O5/c37-30(38)27-15-8-16-29(27)34-31(39)33(17-18-36(21-33)19-22-9-2-1-3-10-22)35-32(40)41-20-28-25-13-6-4-11-23(25)24-12-5-7-14-26(24)28/h1-7,9-14,27-29H,8,15-21H2,(H,34,39)(H,35,40)(H,37,38). The van der Waals surface area contributed by atoms with Crippen LogP contribution in [0.2, 0.25) is 0 Å². The summed E-state index contributed by atoms with van der Waals surface area (Å²) in [7, 11) is 0. The van der Waals surface area contributed by atoms with Gasteiger partial charge in [0.1, 0.15) is 12.1 Å². The SMILES string of the molecule is O=C(NC1(C(=O)NC2CCCC2C(=O)O)CCN(Cc2ccccc2)C1)OCC1c2ccccc2-c2ccccc21. The number of amides is 2. The highest BCUT2D eigenvalue weighted by atomic mass is 16.5. The third kappa shape index (κ3) is 5.44. The number of hydrogen-bond acceptors (Lipinski definition) is 5. The molecule has 41 heavy (non-hydrogen) atoms. The molecule has 8 heteroatoms. The van der Waals surface area contributed by atoms with Gasteiger partial charge in [0.25, 0.3) is 0 Å². The van der Waals surface area contributed by atoms with Gasteiger partial charge in [0.2, 0.25) is 5.91 Å². The number of nitrogens with one attached hydrogen (secondary N) is 2. The molecule has 8 nitrogen and oxygen atoms in total. The molecular formula is C33H35N3O5. The van der Waals surface area contributed by atoms with E-state index in [0.29, 0.717) is 38.9 Å². The summed E-state index contributed by atoms with van der Waals surface area (Å²) in [4.78, 5) is 41.1. The van der Waals surface area contributed by atoms with Gasteiger partial charge in [0.15, 0.2) is 0 Å². The van der Waals surface area contributed by atoms with Crippen LogP contribution in [0, 0.1) is 5.92 Å². The van der Waals surface area contributed by atoms with Crippen molar-refractivity contribution < 1.29 is 24.2 Å². The Bertz CT molecular complexity index is 1400. The summed E-state index contributed by atoms with van der Waals surface area (Å²) < 4.78 is 5.82. The van der Waals surface area contributed by atoms with Crippen molar-refractivity contribution in [3.63, 3.8) is 0 Å². The number of carboxylic acid groups (broad SMARTS) is 1. The molecule has 3 aromatic carbocycles. The zero-order valence-corrected chi connectivity index (χ0v) is 22.9. The zero-order chi connectivity index (χ0) is 28.4. The van der Waals surface area contributed by atoms with Crippen LogP contribution in [-0.2, 0) is 20.9 Å². The van der Waals surface area contributed by atoms with E-state index in [4.69, 9.17) is 4.74 Å². The molecule has 0 spiro atoms. The van der Waals surface area contributed by atoms with E-state index in [0.717, 1.165) is 34.2 Å². The topological polar surface area (TPSA) is 108 Å². The molecule has 0 bridgehead atoms. The molecule has 1 saturated carbocycles. The molecule has 2 aliphatic carbocycles. The van der Waals surface area contributed by atoms with Crippen LogP contribution in [0.3, 0.4) is 0 Å². The van der Waals surface area contributed by atoms with E-state index < -0.39 is 29.6 Å². The van der Waals surface area contributed by atoms with Crippen LogP contribution in [0.4, 0.5) is 4.79 Å². The zero-order valence-electron chi connectivity index (χ0n) is 22.9. The van der Waals surface area contributed by atoms with Crippen LogP contribution in [0.5, 0.6) is 0 Å². The van der Waals surface area contributed by atoms with Crippen molar-refractivity contribution in [1.82, 2.24) is 15.5 Å². The Morgan fingerprint density at radius 1 is 0.902 bits per heavy atom. The molecule has 3 unspecified atom stereocenters. The molecular weight excluding hydrogens is 518 g/mol. The van der Waals surface area contributed by atoms with E-state index >= 15 is 0 Å². The summed E-state index contributed by atoms with van der Waals surface area (Å²) in [5.41, 5.74) is 4.42. The number of rotatable bonds is 8. The van der Waals surface area contributed by atoms with Crippen molar-refractivity contribution in [3.8, 4) is 11.1 Å². The molecule has 3 aliphatic rings. The summed E-state index contributed by atoms with van der Waals surface area (Å²) >= 11 is 0. The van der Waals surface area contributed by atoms with Crippen LogP contribution in [0.1, 0.15) is 48.3 Å². The van der Waals surface area contributed by atoms with Gasteiger partial charge in [-0.1, -0.05) is 85.3 Å². The number of likely N-dealkylation sites (tertiary alicyclic amines) is 1. The van der Waals surface area contributed by atoms with Crippen LogP contribution >= 0.6 is 0 Å². The molecule has 6 rings (SSSR count). The quantitative estimate of drug-likeness (QED) is 0.378. The smallest absolute Gasteiger partial charge is 0.408 e. The Kier molecular flexibility index (Phi) is 7.49. The average molecular weight is 554 g/mol. The van der Waals surface area contributed by atoms with Crippen molar-refractivity contribution in [3.05, 3.63) is 95.6 Å². The average Bonchev–Trinajstić information content (AvgIpc) is 3.69.